The summed E-state index contributed by atoms with van der Waals surface area (Å²) in [6.07, 6.45) is 1.02. The van der Waals surface area contributed by atoms with E-state index < -0.39 is 6.10 Å². The van der Waals surface area contributed by atoms with E-state index in [1.807, 2.05) is 36.4 Å². The molecular formula is C20H25Cl4N3O2. The van der Waals surface area contributed by atoms with Gasteiger partial charge in [0.15, 0.2) is 0 Å². The second-order valence-corrected chi connectivity index (χ2v) is 7.32. The van der Waals surface area contributed by atoms with Crippen molar-refractivity contribution < 1.29 is 9.94 Å². The molecule has 1 saturated heterocycles. The summed E-state index contributed by atoms with van der Waals surface area (Å²) in [7, 11) is 0. The zero-order valence-corrected chi connectivity index (χ0v) is 18.9. The normalized spacial score (nSPS) is 15.5. The number of oxime groups is 1. The van der Waals surface area contributed by atoms with Crippen LogP contribution in [0.25, 0.3) is 0 Å². The summed E-state index contributed by atoms with van der Waals surface area (Å²) in [6, 6.07) is 15.2. The molecule has 0 spiro atoms. The molecule has 1 aliphatic rings. The van der Waals surface area contributed by atoms with Gasteiger partial charge in [0, 0.05) is 37.7 Å². The minimum absolute atomic E-state index is 0. The molecule has 1 heterocycles. The van der Waals surface area contributed by atoms with Crippen molar-refractivity contribution in [3.63, 3.8) is 0 Å². The smallest absolute Gasteiger partial charge is 0.144 e. The third kappa shape index (κ3) is 8.21. The largest absolute Gasteiger partial charge is 0.393 e. The van der Waals surface area contributed by atoms with Crippen molar-refractivity contribution in [1.82, 2.24) is 4.90 Å². The van der Waals surface area contributed by atoms with Crippen LogP contribution in [0, 0.1) is 0 Å². The molecule has 1 atom stereocenters. The van der Waals surface area contributed by atoms with Crippen molar-refractivity contribution in [1.29, 1.82) is 0 Å². The molecule has 1 fully saturated rings. The first-order chi connectivity index (χ1) is 13.1. The lowest BCUT2D eigenvalue weighted by molar-refractivity contribution is 0.0187. The molecule has 0 amide bonds. The molecule has 1 N–H and O–H groups in total. The van der Waals surface area contributed by atoms with Gasteiger partial charge in [0.25, 0.3) is 0 Å². The monoisotopic (exact) mass is 479 g/mol. The molecule has 0 aromatic heterocycles. The number of benzene rings is 2. The van der Waals surface area contributed by atoms with Crippen LogP contribution in [0.5, 0.6) is 0 Å². The van der Waals surface area contributed by atoms with Gasteiger partial charge in [-0.05, 0) is 29.8 Å². The van der Waals surface area contributed by atoms with Gasteiger partial charge in [0.2, 0.25) is 0 Å². The van der Waals surface area contributed by atoms with Crippen molar-refractivity contribution in [2.45, 2.75) is 6.10 Å². The summed E-state index contributed by atoms with van der Waals surface area (Å²) >= 11 is 12.1. The summed E-state index contributed by atoms with van der Waals surface area (Å²) in [6.45, 7) is 4.23. The highest BCUT2D eigenvalue weighted by molar-refractivity contribution is 6.33. The van der Waals surface area contributed by atoms with Crippen LogP contribution in [-0.2, 0) is 4.84 Å². The molecule has 9 heteroatoms. The van der Waals surface area contributed by atoms with E-state index in [2.05, 4.69) is 15.0 Å². The molecule has 0 bridgehead atoms. The van der Waals surface area contributed by atoms with Gasteiger partial charge in [-0.2, -0.15) is 0 Å². The summed E-state index contributed by atoms with van der Waals surface area (Å²) in [4.78, 5) is 9.71. The van der Waals surface area contributed by atoms with Crippen LogP contribution in [0.4, 0.5) is 5.69 Å². The number of nitrogens with zero attached hydrogens (tertiary/aromatic N) is 3. The first-order valence-corrected chi connectivity index (χ1v) is 9.68. The molecule has 0 radical (unpaired) electrons. The number of para-hydroxylation sites is 1. The number of anilines is 1. The summed E-state index contributed by atoms with van der Waals surface area (Å²) in [5.74, 6) is 0. The Hall–Kier alpha value is -1.21. The topological polar surface area (TPSA) is 48.3 Å². The number of aliphatic hydroxyl groups excluding tert-OH is 1. The molecule has 0 aliphatic carbocycles. The van der Waals surface area contributed by atoms with Gasteiger partial charge in [-0.15, -0.1) is 24.8 Å². The predicted octanol–water partition coefficient (Wildman–Crippen LogP) is 4.37. The van der Waals surface area contributed by atoms with Crippen LogP contribution in [0.3, 0.4) is 0 Å². The maximum Gasteiger partial charge on any atom is 0.144 e. The minimum Gasteiger partial charge on any atom is -0.393 e. The molecular weight excluding hydrogens is 456 g/mol. The zero-order valence-electron chi connectivity index (χ0n) is 15.8. The predicted molar refractivity (Wildman–Crippen MR) is 126 cm³/mol. The number of piperazine rings is 1. The summed E-state index contributed by atoms with van der Waals surface area (Å²) in [5, 5.41) is 15.5. The van der Waals surface area contributed by atoms with E-state index in [4.69, 9.17) is 28.0 Å². The van der Waals surface area contributed by atoms with E-state index in [-0.39, 0.29) is 31.4 Å². The van der Waals surface area contributed by atoms with Crippen LogP contribution < -0.4 is 4.90 Å². The highest BCUT2D eigenvalue weighted by Gasteiger charge is 2.20. The second kappa shape index (κ2) is 13.2. The van der Waals surface area contributed by atoms with Gasteiger partial charge in [-0.1, -0.05) is 52.6 Å². The Bertz CT molecular complexity index is 754. The van der Waals surface area contributed by atoms with Gasteiger partial charge in [0.05, 0.1) is 16.9 Å². The van der Waals surface area contributed by atoms with Crippen LogP contribution in [0.15, 0.2) is 53.7 Å². The quantitative estimate of drug-likeness (QED) is 0.472. The number of hydrogen-bond acceptors (Lipinski definition) is 5. The average molecular weight is 481 g/mol. The Labute approximate surface area is 194 Å². The van der Waals surface area contributed by atoms with Crippen LogP contribution in [0.2, 0.25) is 10.0 Å². The van der Waals surface area contributed by atoms with Crippen molar-refractivity contribution in [2.24, 2.45) is 5.16 Å². The molecule has 1 unspecified atom stereocenters. The van der Waals surface area contributed by atoms with Gasteiger partial charge in [-0.25, -0.2) is 0 Å². The lowest BCUT2D eigenvalue weighted by Gasteiger charge is -2.37. The molecule has 5 nitrogen and oxygen atoms in total. The van der Waals surface area contributed by atoms with Gasteiger partial charge in [0.1, 0.15) is 12.7 Å². The Morgan fingerprint density at radius 3 is 2.31 bits per heavy atom. The highest BCUT2D eigenvalue weighted by Crippen LogP contribution is 2.26. The minimum atomic E-state index is -0.584. The average Bonchev–Trinajstić information content (AvgIpc) is 2.68. The number of rotatable bonds is 7. The molecule has 2 aromatic rings. The first-order valence-electron chi connectivity index (χ1n) is 8.92. The summed E-state index contributed by atoms with van der Waals surface area (Å²) < 4.78 is 0. The maximum absolute atomic E-state index is 10.2. The van der Waals surface area contributed by atoms with E-state index >= 15 is 0 Å². The Balaban J connectivity index is 0.00000210. The SMILES string of the molecule is Cl.Cl.OC(CON=Cc1ccc(Cl)cc1)CN1CCN(c2ccccc2Cl)CC1. The fourth-order valence-corrected chi connectivity index (χ4v) is 3.39. The van der Waals surface area contributed by atoms with Crippen molar-refractivity contribution >= 4 is 59.9 Å². The van der Waals surface area contributed by atoms with Crippen molar-refractivity contribution in [3.8, 4) is 0 Å². The van der Waals surface area contributed by atoms with Crippen molar-refractivity contribution in [3.05, 3.63) is 64.1 Å². The van der Waals surface area contributed by atoms with Gasteiger partial charge in [-0.3, -0.25) is 4.90 Å². The fraction of sp³-hybridized carbons (Fsp3) is 0.350. The van der Waals surface area contributed by atoms with Gasteiger partial charge < -0.3 is 14.8 Å². The molecule has 160 valence electrons. The first kappa shape index (κ1) is 25.8. The molecule has 0 saturated carbocycles. The number of aliphatic hydroxyl groups is 1. The third-order valence-corrected chi connectivity index (χ3v) is 5.02. The maximum atomic E-state index is 10.2. The van der Waals surface area contributed by atoms with Crippen LogP contribution in [0.1, 0.15) is 5.56 Å². The van der Waals surface area contributed by atoms with Crippen molar-refractivity contribution in [2.75, 3.05) is 44.2 Å². The number of β-amino-alcohol motifs (C(OH)–C–C–N with tert-alkyl or cyclic N) is 1. The Kier molecular flexibility index (Phi) is 11.7. The number of halogens is 4. The highest BCUT2D eigenvalue weighted by atomic mass is 35.5. The van der Waals surface area contributed by atoms with E-state index in [0.29, 0.717) is 11.6 Å². The molecule has 2 aromatic carbocycles. The van der Waals surface area contributed by atoms with E-state index in [1.165, 1.54) is 0 Å². The standard InChI is InChI=1S/C20H23Cl2N3O2.2ClH/c21-17-7-5-16(6-8-17)13-23-27-15-18(26)14-24-9-11-25(12-10-24)20-4-2-1-3-19(20)22;;/h1-8,13,18,26H,9-12,14-15H2;2*1H. The van der Waals surface area contributed by atoms with Crippen LogP contribution in [-0.4, -0.2) is 61.7 Å². The van der Waals surface area contributed by atoms with Crippen LogP contribution >= 0.6 is 48.0 Å². The van der Waals surface area contributed by atoms with Gasteiger partial charge >= 0.3 is 0 Å². The molecule has 3 rings (SSSR count). The van der Waals surface area contributed by atoms with E-state index in [9.17, 15) is 5.11 Å². The lowest BCUT2D eigenvalue weighted by Crippen LogP contribution is -2.49. The second-order valence-electron chi connectivity index (χ2n) is 6.47. The van der Waals surface area contributed by atoms with E-state index in [0.717, 1.165) is 42.5 Å². The summed E-state index contributed by atoms with van der Waals surface area (Å²) in [5.41, 5.74) is 1.96. The zero-order chi connectivity index (χ0) is 19.1. The molecule has 29 heavy (non-hydrogen) atoms. The van der Waals surface area contributed by atoms with E-state index in [1.54, 1.807) is 18.3 Å². The lowest BCUT2D eigenvalue weighted by atomic mass is 10.2. The Morgan fingerprint density at radius 2 is 1.66 bits per heavy atom. The molecule has 1 aliphatic heterocycles. The fourth-order valence-electron chi connectivity index (χ4n) is 3.01. The Morgan fingerprint density at radius 1 is 1.00 bits per heavy atom. The number of hydrogen-bond donors (Lipinski definition) is 1. The third-order valence-electron chi connectivity index (χ3n) is 4.45.